The first-order chi connectivity index (χ1) is 23.4. The van der Waals surface area contributed by atoms with E-state index in [4.69, 9.17) is 9.47 Å². The fourth-order valence-corrected chi connectivity index (χ4v) is 5.86. The molecule has 0 fully saturated rings. The molecule has 0 aliphatic carbocycles. The fourth-order valence-electron chi connectivity index (χ4n) is 4.78. The molecule has 0 bridgehead atoms. The van der Waals surface area contributed by atoms with Crippen LogP contribution in [0, 0.1) is 0 Å². The third-order valence-electron chi connectivity index (χ3n) is 7.07. The number of carbonyl (C=O) groups excluding carboxylic acids is 3. The number of amides is 3. The molecule has 3 N–H and O–H groups in total. The summed E-state index contributed by atoms with van der Waals surface area (Å²) in [6.45, 7) is 2.32. The van der Waals surface area contributed by atoms with Gasteiger partial charge in [0.25, 0.3) is 11.8 Å². The second-order valence-electron chi connectivity index (χ2n) is 10.5. The number of methoxy groups -OCH3 is 1. The van der Waals surface area contributed by atoms with Crippen LogP contribution in [0.2, 0.25) is 0 Å². The maximum Gasteiger partial charge on any atom is 0.272 e. The maximum atomic E-state index is 13.8. The molecule has 0 spiro atoms. The molecule has 5 rings (SSSR count). The van der Waals surface area contributed by atoms with E-state index >= 15 is 0 Å². The standard InChI is InChI=1S/C39H35N3O5S/c1-3-47-35-23-11-10-18-29(35)24-34(42-37(43)28-16-8-5-9-17-28)38(44)40-31-20-13-22-33(26-31)48-36(27-14-6-4-7-15-27)39(45)41-30-19-12-21-32(25-30)46-2/h4-26,36H,3H2,1-2H3,(H,40,44)(H,41,45)(H,42,43)/b34-24+. The van der Waals surface area contributed by atoms with Crippen LogP contribution in [0.4, 0.5) is 11.4 Å². The lowest BCUT2D eigenvalue weighted by Crippen LogP contribution is -2.30. The van der Waals surface area contributed by atoms with Crippen LogP contribution in [0.25, 0.3) is 6.08 Å². The molecule has 48 heavy (non-hydrogen) atoms. The Labute approximate surface area is 284 Å². The Hall–Kier alpha value is -5.80. The Balaban J connectivity index is 1.39. The van der Waals surface area contributed by atoms with Crippen molar-refractivity contribution in [2.24, 2.45) is 0 Å². The normalized spacial score (nSPS) is 11.6. The van der Waals surface area contributed by atoms with Crippen LogP contribution in [0.1, 0.15) is 33.7 Å². The highest BCUT2D eigenvalue weighted by Gasteiger charge is 2.23. The zero-order valence-electron chi connectivity index (χ0n) is 26.5. The number of ether oxygens (including phenoxy) is 2. The first-order valence-electron chi connectivity index (χ1n) is 15.3. The number of hydrogen-bond donors (Lipinski definition) is 3. The number of rotatable bonds is 13. The van der Waals surface area contributed by atoms with Crippen molar-refractivity contribution in [1.82, 2.24) is 5.32 Å². The van der Waals surface area contributed by atoms with Crippen LogP contribution in [0.15, 0.2) is 144 Å². The first kappa shape index (κ1) is 33.6. The second-order valence-corrected chi connectivity index (χ2v) is 11.6. The van der Waals surface area contributed by atoms with Crippen LogP contribution < -0.4 is 25.4 Å². The lowest BCUT2D eigenvalue weighted by molar-refractivity contribution is -0.116. The van der Waals surface area contributed by atoms with Crippen molar-refractivity contribution in [3.8, 4) is 11.5 Å². The molecular formula is C39H35N3O5S. The van der Waals surface area contributed by atoms with E-state index in [1.165, 1.54) is 11.8 Å². The Morgan fingerprint density at radius 2 is 1.42 bits per heavy atom. The average molecular weight is 658 g/mol. The summed E-state index contributed by atoms with van der Waals surface area (Å²) in [5, 5.41) is 8.09. The minimum absolute atomic E-state index is 0.0360. The highest BCUT2D eigenvalue weighted by Crippen LogP contribution is 2.37. The monoisotopic (exact) mass is 657 g/mol. The molecule has 0 aliphatic rings. The van der Waals surface area contributed by atoms with Crippen molar-refractivity contribution in [3.63, 3.8) is 0 Å². The summed E-state index contributed by atoms with van der Waals surface area (Å²) in [5.74, 6) is 0.0495. The summed E-state index contributed by atoms with van der Waals surface area (Å²) in [7, 11) is 1.57. The number of hydrogen-bond acceptors (Lipinski definition) is 6. The van der Waals surface area contributed by atoms with E-state index in [9.17, 15) is 14.4 Å². The Morgan fingerprint density at radius 1 is 0.750 bits per heavy atom. The van der Waals surface area contributed by atoms with Gasteiger partial charge in [-0.2, -0.15) is 0 Å². The van der Waals surface area contributed by atoms with Gasteiger partial charge >= 0.3 is 0 Å². The predicted octanol–water partition coefficient (Wildman–Crippen LogP) is 7.98. The first-order valence-corrected chi connectivity index (χ1v) is 16.2. The summed E-state index contributed by atoms with van der Waals surface area (Å²) in [6.07, 6.45) is 1.59. The Kier molecular flexibility index (Phi) is 11.7. The molecule has 0 aliphatic heterocycles. The van der Waals surface area contributed by atoms with Gasteiger partial charge in [0, 0.05) is 33.5 Å². The number of thioether (sulfide) groups is 1. The summed E-state index contributed by atoms with van der Waals surface area (Å²) in [5.41, 5.74) is 3.00. The van der Waals surface area contributed by atoms with E-state index in [1.807, 2.05) is 79.7 Å². The van der Waals surface area contributed by atoms with E-state index in [0.717, 1.165) is 10.5 Å². The van der Waals surface area contributed by atoms with Crippen LogP contribution >= 0.6 is 11.8 Å². The molecule has 0 saturated heterocycles. The van der Waals surface area contributed by atoms with Gasteiger partial charge in [0.05, 0.1) is 13.7 Å². The van der Waals surface area contributed by atoms with Gasteiger partial charge < -0.3 is 25.4 Å². The van der Waals surface area contributed by atoms with Crippen LogP contribution in [0.5, 0.6) is 11.5 Å². The van der Waals surface area contributed by atoms with E-state index < -0.39 is 17.1 Å². The van der Waals surface area contributed by atoms with Crippen molar-refractivity contribution >= 4 is 46.9 Å². The molecule has 0 saturated carbocycles. The van der Waals surface area contributed by atoms with Gasteiger partial charge in [-0.05, 0) is 67.1 Å². The summed E-state index contributed by atoms with van der Waals surface area (Å²) >= 11 is 1.35. The summed E-state index contributed by atoms with van der Waals surface area (Å²) in [4.78, 5) is 41.3. The van der Waals surface area contributed by atoms with Gasteiger partial charge in [0.15, 0.2) is 0 Å². The Morgan fingerprint density at radius 3 is 2.15 bits per heavy atom. The highest BCUT2D eigenvalue weighted by molar-refractivity contribution is 8.00. The predicted molar refractivity (Wildman–Crippen MR) is 191 cm³/mol. The number of carbonyl (C=O) groups is 3. The SMILES string of the molecule is CCOc1ccccc1/C=C(/NC(=O)c1ccccc1)C(=O)Nc1cccc(SC(C(=O)Nc2cccc(OC)c2)c2ccccc2)c1. The summed E-state index contributed by atoms with van der Waals surface area (Å²) in [6, 6.07) is 39.8. The third kappa shape index (κ3) is 9.14. The topological polar surface area (TPSA) is 106 Å². The van der Waals surface area contributed by atoms with E-state index in [2.05, 4.69) is 16.0 Å². The minimum atomic E-state index is -0.598. The molecule has 9 heteroatoms. The van der Waals surface area contributed by atoms with Gasteiger partial charge in [-0.25, -0.2) is 0 Å². The number of nitrogens with one attached hydrogen (secondary N) is 3. The quantitative estimate of drug-likeness (QED) is 0.0876. The van der Waals surface area contributed by atoms with E-state index in [1.54, 1.807) is 73.8 Å². The van der Waals surface area contributed by atoms with Crippen LogP contribution in [-0.2, 0) is 9.59 Å². The van der Waals surface area contributed by atoms with Crippen molar-refractivity contribution in [2.75, 3.05) is 24.4 Å². The van der Waals surface area contributed by atoms with Crippen molar-refractivity contribution in [2.45, 2.75) is 17.1 Å². The largest absolute Gasteiger partial charge is 0.497 e. The molecule has 0 heterocycles. The van der Waals surface area contributed by atoms with E-state index in [-0.39, 0.29) is 11.6 Å². The average Bonchev–Trinajstić information content (AvgIpc) is 3.12. The Bertz CT molecular complexity index is 1900. The maximum absolute atomic E-state index is 13.8. The zero-order chi connectivity index (χ0) is 33.7. The van der Waals surface area contributed by atoms with Gasteiger partial charge in [-0.3, -0.25) is 14.4 Å². The molecule has 242 valence electrons. The van der Waals surface area contributed by atoms with Crippen LogP contribution in [0.3, 0.4) is 0 Å². The molecule has 0 aromatic heterocycles. The van der Waals surface area contributed by atoms with Gasteiger partial charge in [-0.15, -0.1) is 11.8 Å². The molecule has 5 aromatic rings. The molecule has 1 atom stereocenters. The van der Waals surface area contributed by atoms with E-state index in [0.29, 0.717) is 40.6 Å². The minimum Gasteiger partial charge on any atom is -0.497 e. The zero-order valence-corrected chi connectivity index (χ0v) is 27.3. The molecule has 0 radical (unpaired) electrons. The third-order valence-corrected chi connectivity index (χ3v) is 8.32. The van der Waals surface area contributed by atoms with Crippen LogP contribution in [-0.4, -0.2) is 31.4 Å². The molecule has 1 unspecified atom stereocenters. The van der Waals surface area contributed by atoms with Gasteiger partial charge in [-0.1, -0.05) is 78.9 Å². The van der Waals surface area contributed by atoms with Crippen molar-refractivity contribution < 1.29 is 23.9 Å². The molecular weight excluding hydrogens is 623 g/mol. The lowest BCUT2D eigenvalue weighted by atomic mass is 10.1. The number of benzene rings is 5. The molecule has 8 nitrogen and oxygen atoms in total. The highest BCUT2D eigenvalue weighted by atomic mass is 32.2. The van der Waals surface area contributed by atoms with Gasteiger partial charge in [0.1, 0.15) is 22.4 Å². The molecule has 5 aromatic carbocycles. The molecule has 3 amide bonds. The van der Waals surface area contributed by atoms with Gasteiger partial charge in [0.2, 0.25) is 5.91 Å². The van der Waals surface area contributed by atoms with Crippen molar-refractivity contribution in [3.05, 3.63) is 156 Å². The summed E-state index contributed by atoms with van der Waals surface area (Å²) < 4.78 is 11.1. The second kappa shape index (κ2) is 16.7. The van der Waals surface area contributed by atoms with Crippen molar-refractivity contribution in [1.29, 1.82) is 0 Å². The fraction of sp³-hybridized carbons (Fsp3) is 0.103. The number of anilines is 2. The smallest absolute Gasteiger partial charge is 0.272 e. The lowest BCUT2D eigenvalue weighted by Gasteiger charge is -2.18. The number of para-hydroxylation sites is 1.